The molecule has 17 heteroatoms. The number of nitrogens with two attached hydrogens (primary N) is 1. The van der Waals surface area contributed by atoms with Crippen LogP contribution in [0.5, 0.6) is 0 Å². The molecule has 0 radical (unpaired) electrons. The Kier molecular flexibility index (Phi) is 13.3. The van der Waals surface area contributed by atoms with E-state index in [2.05, 4.69) is 79.2 Å². The van der Waals surface area contributed by atoms with Crippen LogP contribution in [0.4, 0.5) is 34.1 Å². The van der Waals surface area contributed by atoms with Crippen LogP contribution in [0, 0.1) is 27.7 Å². The van der Waals surface area contributed by atoms with Gasteiger partial charge in [-0.15, -0.1) is 0 Å². The molecule has 3 N–H and O–H groups in total. The van der Waals surface area contributed by atoms with Crippen molar-refractivity contribution in [3.05, 3.63) is 106 Å². The van der Waals surface area contributed by atoms with Gasteiger partial charge in [0.25, 0.3) is 11.8 Å². The molecule has 4 aliphatic heterocycles. The molecule has 4 aliphatic rings. The Labute approximate surface area is 371 Å². The summed E-state index contributed by atoms with van der Waals surface area (Å²) in [7, 11) is -6.63. The molecule has 4 aromatic rings. The number of benzene rings is 4. The first-order valence-corrected chi connectivity index (χ1v) is 24.7. The van der Waals surface area contributed by atoms with Crippen molar-refractivity contribution in [3.63, 3.8) is 0 Å². The monoisotopic (exact) mass is 898 g/mol. The first kappa shape index (κ1) is 45.2. The van der Waals surface area contributed by atoms with E-state index in [9.17, 15) is 31.2 Å². The fraction of sp³-hybridized carbons (Fsp3) is 0.413. The zero-order valence-corrected chi connectivity index (χ0v) is 38.4. The number of hydrogen-bond donors (Lipinski definition) is 2. The first-order chi connectivity index (χ1) is 29.9. The molecule has 0 saturated carbocycles. The minimum atomic E-state index is -3.36. The molecule has 8 rings (SSSR count). The van der Waals surface area contributed by atoms with Crippen molar-refractivity contribution < 1.29 is 31.2 Å². The Morgan fingerprint density at radius 3 is 1.37 bits per heavy atom. The fourth-order valence-electron chi connectivity index (χ4n) is 8.89. The van der Waals surface area contributed by atoms with Gasteiger partial charge in [0.2, 0.25) is 26.0 Å². The molecule has 63 heavy (non-hydrogen) atoms. The molecule has 4 fully saturated rings. The van der Waals surface area contributed by atoms with Crippen LogP contribution < -0.4 is 29.5 Å². The van der Waals surface area contributed by atoms with Crippen molar-refractivity contribution in [1.82, 2.24) is 9.80 Å². The molecular weight excluding hydrogens is 841 g/mol. The maximum Gasteiger partial charge on any atom is 0.256 e. The number of anilines is 6. The summed E-state index contributed by atoms with van der Waals surface area (Å²) in [6.45, 7) is 15.9. The van der Waals surface area contributed by atoms with Crippen molar-refractivity contribution in [2.75, 3.05) is 106 Å². The quantitative estimate of drug-likeness (QED) is 0.236. The second-order valence-corrected chi connectivity index (χ2v) is 20.8. The van der Waals surface area contributed by atoms with Crippen LogP contribution in [0.15, 0.2) is 72.8 Å². The highest BCUT2D eigenvalue weighted by Crippen LogP contribution is 2.32. The Balaban J connectivity index is 0.000000190. The Morgan fingerprint density at radius 1 is 0.540 bits per heavy atom. The highest BCUT2D eigenvalue weighted by molar-refractivity contribution is 7.93. The van der Waals surface area contributed by atoms with Gasteiger partial charge in [0, 0.05) is 89.4 Å². The summed E-state index contributed by atoms with van der Waals surface area (Å²) in [5, 5.41) is 2.71. The number of nitrogen functional groups attached to an aromatic ring is 1. The standard InChI is InChI=1S/C24H30N4O4S.C22H28N4O3S/c1-17-5-8-23(18(2)15-17)26-10-12-27(13-11-26)24(30)21-7-6-20(16-22(21)25-19(3)29)28-9-4-14-33(28,31)32;1-16-4-7-21(17(2)14-16)24-9-11-25(12-10-24)22(27)19-6-5-18(15-20(19)23)26-8-3-13-30(26,28)29/h5-8,15-16H,4,9-14H2,1-3H3,(H,25,29);4-7,14-15H,3,8-13,23H2,1-2H3. The third kappa shape index (κ3) is 10.0. The predicted molar refractivity (Wildman–Crippen MR) is 251 cm³/mol. The zero-order valence-electron chi connectivity index (χ0n) is 36.8. The minimum absolute atomic E-state index is 0.105. The Morgan fingerprint density at radius 2 is 0.968 bits per heavy atom. The highest BCUT2D eigenvalue weighted by atomic mass is 32.2. The summed E-state index contributed by atoms with van der Waals surface area (Å²) >= 11 is 0. The molecule has 0 aromatic heterocycles. The number of hydrogen-bond acceptors (Lipinski definition) is 10. The number of aryl methyl sites for hydroxylation is 4. The average molecular weight is 899 g/mol. The van der Waals surface area contributed by atoms with E-state index in [0.29, 0.717) is 86.0 Å². The summed E-state index contributed by atoms with van der Waals surface area (Å²) < 4.78 is 51.6. The Bertz CT molecular complexity index is 2620. The van der Waals surface area contributed by atoms with Crippen molar-refractivity contribution in [1.29, 1.82) is 0 Å². The summed E-state index contributed by atoms with van der Waals surface area (Å²) in [6.07, 6.45) is 1.16. The lowest BCUT2D eigenvalue weighted by Gasteiger charge is -2.37. The zero-order chi connectivity index (χ0) is 45.2. The molecule has 0 spiro atoms. The number of rotatable bonds is 7. The Hall–Kier alpha value is -5.81. The molecule has 4 heterocycles. The van der Waals surface area contributed by atoms with Crippen LogP contribution in [-0.4, -0.2) is 121 Å². The van der Waals surface area contributed by atoms with E-state index in [0.717, 1.165) is 26.2 Å². The third-order valence-electron chi connectivity index (χ3n) is 12.1. The summed E-state index contributed by atoms with van der Waals surface area (Å²) in [5.74, 6) is -0.338. The maximum absolute atomic E-state index is 13.3. The molecule has 15 nitrogen and oxygen atoms in total. The van der Waals surface area contributed by atoms with Crippen LogP contribution in [0.25, 0.3) is 0 Å². The minimum Gasteiger partial charge on any atom is -0.398 e. The summed E-state index contributed by atoms with van der Waals surface area (Å²) in [6, 6.07) is 22.6. The molecule has 336 valence electrons. The number of piperazine rings is 2. The average Bonchev–Trinajstić information content (AvgIpc) is 3.79. The van der Waals surface area contributed by atoms with Gasteiger partial charge in [0.05, 0.1) is 39.7 Å². The number of nitrogens with zero attached hydrogens (tertiary/aromatic N) is 6. The smallest absolute Gasteiger partial charge is 0.256 e. The van der Waals surface area contributed by atoms with Gasteiger partial charge in [-0.3, -0.25) is 23.0 Å². The van der Waals surface area contributed by atoms with E-state index in [1.807, 2.05) is 4.90 Å². The highest BCUT2D eigenvalue weighted by Gasteiger charge is 2.32. The second kappa shape index (κ2) is 18.5. The van der Waals surface area contributed by atoms with Gasteiger partial charge in [-0.1, -0.05) is 35.4 Å². The van der Waals surface area contributed by atoms with Crippen LogP contribution in [0.1, 0.15) is 62.7 Å². The summed E-state index contributed by atoms with van der Waals surface area (Å²) in [5.41, 5.74) is 15.9. The molecule has 0 bridgehead atoms. The number of sulfonamides is 2. The third-order valence-corrected chi connectivity index (χ3v) is 15.8. The van der Waals surface area contributed by atoms with E-state index in [-0.39, 0.29) is 29.2 Å². The normalized spacial score (nSPS) is 18.2. The van der Waals surface area contributed by atoms with Crippen molar-refractivity contribution >= 4 is 71.9 Å². The molecule has 0 atom stereocenters. The van der Waals surface area contributed by atoms with Crippen LogP contribution in [0.3, 0.4) is 0 Å². The lowest BCUT2D eigenvalue weighted by molar-refractivity contribution is -0.114. The molecular formula is C46H58N8O7S2. The predicted octanol–water partition coefficient (Wildman–Crippen LogP) is 5.15. The number of nitrogens with one attached hydrogen (secondary N) is 1. The molecule has 0 unspecified atom stereocenters. The van der Waals surface area contributed by atoms with Crippen LogP contribution >= 0.6 is 0 Å². The van der Waals surface area contributed by atoms with E-state index in [1.165, 1.54) is 49.2 Å². The van der Waals surface area contributed by atoms with Gasteiger partial charge >= 0.3 is 0 Å². The van der Waals surface area contributed by atoms with Gasteiger partial charge in [0.15, 0.2) is 0 Å². The number of carbonyl (C=O) groups is 3. The fourth-order valence-corrected chi connectivity index (χ4v) is 12.0. The molecule has 4 aromatic carbocycles. The van der Waals surface area contributed by atoms with E-state index in [4.69, 9.17) is 5.73 Å². The lowest BCUT2D eigenvalue weighted by atomic mass is 10.1. The van der Waals surface area contributed by atoms with Crippen molar-refractivity contribution in [2.24, 2.45) is 0 Å². The van der Waals surface area contributed by atoms with E-state index >= 15 is 0 Å². The summed E-state index contributed by atoms with van der Waals surface area (Å²) in [4.78, 5) is 46.4. The lowest BCUT2D eigenvalue weighted by Crippen LogP contribution is -2.49. The maximum atomic E-state index is 13.3. The van der Waals surface area contributed by atoms with Crippen LogP contribution in [-0.2, 0) is 24.8 Å². The first-order valence-electron chi connectivity index (χ1n) is 21.5. The van der Waals surface area contributed by atoms with Gasteiger partial charge in [0.1, 0.15) is 0 Å². The van der Waals surface area contributed by atoms with Crippen molar-refractivity contribution in [3.8, 4) is 0 Å². The van der Waals surface area contributed by atoms with Crippen LogP contribution in [0.2, 0.25) is 0 Å². The van der Waals surface area contributed by atoms with E-state index in [1.54, 1.807) is 41.3 Å². The number of carbonyl (C=O) groups excluding carboxylic acids is 3. The number of amides is 3. The molecule has 0 aliphatic carbocycles. The second-order valence-electron chi connectivity index (χ2n) is 16.8. The van der Waals surface area contributed by atoms with Gasteiger partial charge in [-0.25, -0.2) is 16.8 Å². The van der Waals surface area contributed by atoms with Gasteiger partial charge < -0.3 is 30.7 Å². The van der Waals surface area contributed by atoms with Gasteiger partial charge in [-0.2, -0.15) is 0 Å². The topological polar surface area (TPSA) is 177 Å². The molecule has 4 saturated heterocycles. The van der Waals surface area contributed by atoms with Gasteiger partial charge in [-0.05, 0) is 100 Å². The largest absolute Gasteiger partial charge is 0.398 e. The van der Waals surface area contributed by atoms with E-state index < -0.39 is 20.0 Å². The molecule has 3 amide bonds. The van der Waals surface area contributed by atoms with Crippen molar-refractivity contribution in [2.45, 2.75) is 47.5 Å². The SMILES string of the molecule is CC(=O)Nc1cc(N2CCCS2(=O)=O)ccc1C(=O)N1CCN(c2ccc(C)cc2C)CC1.Cc1ccc(N2CCN(C(=O)c3ccc(N4CCCS4(=O)=O)cc3N)CC2)c(C)c1.